The molecule has 0 aliphatic carbocycles. The molecule has 0 fully saturated rings. The van der Waals surface area contributed by atoms with E-state index >= 15 is 0 Å². The van der Waals surface area contributed by atoms with E-state index in [1.54, 1.807) is 0 Å². The van der Waals surface area contributed by atoms with Crippen molar-refractivity contribution in [2.75, 3.05) is 4.90 Å². The van der Waals surface area contributed by atoms with Gasteiger partial charge in [-0.15, -0.1) is 0 Å². The zero-order valence-electron chi connectivity index (χ0n) is 15.1. The second kappa shape index (κ2) is 7.76. The molecule has 0 amide bonds. The lowest BCUT2D eigenvalue weighted by Crippen LogP contribution is -2.11. The molecule has 4 rings (SSSR count). The normalized spacial score (nSPS) is 10.4. The number of hydrogen-bond donors (Lipinski definition) is 0. The Kier molecular flexibility index (Phi) is 4.84. The summed E-state index contributed by atoms with van der Waals surface area (Å²) in [6.45, 7) is 4.04. The Morgan fingerprint density at radius 2 is 1.07 bits per heavy atom. The van der Waals surface area contributed by atoms with E-state index in [4.69, 9.17) is 0 Å². The largest absolute Gasteiger partial charge is 0.310 e. The summed E-state index contributed by atoms with van der Waals surface area (Å²) in [5.74, 6) is 0. The van der Waals surface area contributed by atoms with Gasteiger partial charge in [-0.25, -0.2) is 0 Å². The summed E-state index contributed by atoms with van der Waals surface area (Å²) in [6.07, 6.45) is 1.93. The van der Waals surface area contributed by atoms with Gasteiger partial charge in [0.2, 0.25) is 0 Å². The molecule has 0 saturated carbocycles. The second-order valence-electron chi connectivity index (χ2n) is 6.32. The summed E-state index contributed by atoms with van der Waals surface area (Å²) in [5.41, 5.74) is 6.87. The highest BCUT2D eigenvalue weighted by Crippen LogP contribution is 2.42. The van der Waals surface area contributed by atoms with Gasteiger partial charge in [0, 0.05) is 16.9 Å². The molecular weight excluding hydrogens is 326 g/mol. The minimum atomic E-state index is 1.12. The van der Waals surface area contributed by atoms with Crippen LogP contribution in [0.5, 0.6) is 0 Å². The van der Waals surface area contributed by atoms with Crippen LogP contribution in [0.15, 0.2) is 116 Å². The SMILES string of the molecule is C=Cc1cccc(N(c2ccccc2)c2ccccc2)c1-c1ccccc1. The number of rotatable bonds is 5. The fraction of sp³-hybridized carbons (Fsp3) is 0. The predicted molar refractivity (Wildman–Crippen MR) is 117 cm³/mol. The molecule has 0 atom stereocenters. The Bertz CT molecular complexity index is 982. The van der Waals surface area contributed by atoms with Gasteiger partial charge < -0.3 is 4.90 Å². The van der Waals surface area contributed by atoms with Gasteiger partial charge in [-0.1, -0.05) is 91.5 Å². The van der Waals surface area contributed by atoms with E-state index in [0.29, 0.717) is 0 Å². The van der Waals surface area contributed by atoms with Crippen LogP contribution in [0.4, 0.5) is 17.1 Å². The van der Waals surface area contributed by atoms with Crippen LogP contribution in [-0.2, 0) is 0 Å². The maximum absolute atomic E-state index is 4.04. The summed E-state index contributed by atoms with van der Waals surface area (Å²) in [7, 11) is 0. The summed E-state index contributed by atoms with van der Waals surface area (Å²) >= 11 is 0. The van der Waals surface area contributed by atoms with Gasteiger partial charge in [0.25, 0.3) is 0 Å². The third-order valence-corrected chi connectivity index (χ3v) is 4.63. The average molecular weight is 347 g/mol. The Morgan fingerprint density at radius 3 is 1.59 bits per heavy atom. The molecule has 0 aliphatic heterocycles. The molecule has 0 radical (unpaired) electrons. The van der Waals surface area contributed by atoms with Gasteiger partial charge in [0.15, 0.2) is 0 Å². The molecule has 0 aromatic heterocycles. The molecule has 0 spiro atoms. The Labute approximate surface area is 160 Å². The highest BCUT2D eigenvalue weighted by molar-refractivity contribution is 5.92. The van der Waals surface area contributed by atoms with E-state index < -0.39 is 0 Å². The number of benzene rings is 4. The summed E-state index contributed by atoms with van der Waals surface area (Å²) in [4.78, 5) is 2.30. The van der Waals surface area contributed by atoms with E-state index in [-0.39, 0.29) is 0 Å². The third kappa shape index (κ3) is 3.40. The van der Waals surface area contributed by atoms with Crippen molar-refractivity contribution in [1.29, 1.82) is 0 Å². The molecule has 0 aliphatic rings. The molecule has 130 valence electrons. The van der Waals surface area contributed by atoms with E-state index in [0.717, 1.165) is 22.6 Å². The monoisotopic (exact) mass is 347 g/mol. The van der Waals surface area contributed by atoms with Crippen molar-refractivity contribution < 1.29 is 0 Å². The standard InChI is InChI=1S/C26H21N/c1-2-21-15-12-20-25(26(21)22-13-6-3-7-14-22)27(23-16-8-4-9-17-23)24-18-10-5-11-19-24/h2-20H,1H2. The van der Waals surface area contributed by atoms with Crippen LogP contribution in [0.25, 0.3) is 17.2 Å². The second-order valence-corrected chi connectivity index (χ2v) is 6.32. The first-order chi connectivity index (χ1) is 13.4. The van der Waals surface area contributed by atoms with Crippen molar-refractivity contribution >= 4 is 23.1 Å². The summed E-state index contributed by atoms with van der Waals surface area (Å²) < 4.78 is 0. The topological polar surface area (TPSA) is 3.24 Å². The van der Waals surface area contributed by atoms with E-state index in [1.807, 2.05) is 24.3 Å². The zero-order valence-corrected chi connectivity index (χ0v) is 15.1. The Hall–Kier alpha value is -3.58. The van der Waals surface area contributed by atoms with Gasteiger partial charge in [0.05, 0.1) is 5.69 Å². The highest BCUT2D eigenvalue weighted by atomic mass is 15.1. The number of anilines is 3. The fourth-order valence-electron chi connectivity index (χ4n) is 3.41. The maximum Gasteiger partial charge on any atom is 0.0546 e. The number of hydrogen-bond acceptors (Lipinski definition) is 1. The van der Waals surface area contributed by atoms with Crippen molar-refractivity contribution in [2.45, 2.75) is 0 Å². The van der Waals surface area contributed by atoms with Crippen LogP contribution in [-0.4, -0.2) is 0 Å². The zero-order chi connectivity index (χ0) is 18.5. The first-order valence-corrected chi connectivity index (χ1v) is 9.09. The van der Waals surface area contributed by atoms with Gasteiger partial charge in [-0.05, 0) is 41.5 Å². The minimum absolute atomic E-state index is 1.12. The Morgan fingerprint density at radius 1 is 0.556 bits per heavy atom. The fourth-order valence-corrected chi connectivity index (χ4v) is 3.41. The summed E-state index contributed by atoms with van der Waals surface area (Å²) in [6, 6.07) is 37.9. The van der Waals surface area contributed by atoms with Crippen molar-refractivity contribution in [1.82, 2.24) is 0 Å². The van der Waals surface area contributed by atoms with Crippen LogP contribution in [0, 0.1) is 0 Å². The molecule has 0 N–H and O–H groups in total. The molecule has 4 aromatic carbocycles. The van der Waals surface area contributed by atoms with E-state index in [1.165, 1.54) is 11.1 Å². The third-order valence-electron chi connectivity index (χ3n) is 4.63. The van der Waals surface area contributed by atoms with E-state index in [2.05, 4.69) is 102 Å². The average Bonchev–Trinajstić information content (AvgIpc) is 2.76. The van der Waals surface area contributed by atoms with Crippen LogP contribution >= 0.6 is 0 Å². The quantitative estimate of drug-likeness (QED) is 0.362. The molecule has 1 heteroatoms. The van der Waals surface area contributed by atoms with E-state index in [9.17, 15) is 0 Å². The molecular formula is C26H21N. The van der Waals surface area contributed by atoms with Gasteiger partial charge in [-0.3, -0.25) is 0 Å². The van der Waals surface area contributed by atoms with Crippen molar-refractivity contribution in [3.63, 3.8) is 0 Å². The minimum Gasteiger partial charge on any atom is -0.310 e. The number of para-hydroxylation sites is 2. The lowest BCUT2D eigenvalue weighted by molar-refractivity contribution is 1.28. The molecule has 0 bridgehead atoms. The number of nitrogens with zero attached hydrogens (tertiary/aromatic N) is 1. The van der Waals surface area contributed by atoms with Crippen LogP contribution in [0.2, 0.25) is 0 Å². The van der Waals surface area contributed by atoms with Crippen LogP contribution in [0.3, 0.4) is 0 Å². The molecule has 27 heavy (non-hydrogen) atoms. The smallest absolute Gasteiger partial charge is 0.0546 e. The van der Waals surface area contributed by atoms with Gasteiger partial charge in [0.1, 0.15) is 0 Å². The predicted octanol–water partition coefficient (Wildman–Crippen LogP) is 7.47. The Balaban J connectivity index is 2.00. The lowest BCUT2D eigenvalue weighted by atomic mass is 9.96. The van der Waals surface area contributed by atoms with Crippen LogP contribution in [0.1, 0.15) is 5.56 Å². The van der Waals surface area contributed by atoms with Gasteiger partial charge in [-0.2, -0.15) is 0 Å². The summed E-state index contributed by atoms with van der Waals surface area (Å²) in [5, 5.41) is 0. The van der Waals surface area contributed by atoms with Crippen LogP contribution < -0.4 is 4.90 Å². The maximum atomic E-state index is 4.04. The first-order valence-electron chi connectivity index (χ1n) is 9.09. The molecule has 4 aromatic rings. The van der Waals surface area contributed by atoms with Gasteiger partial charge >= 0.3 is 0 Å². The highest BCUT2D eigenvalue weighted by Gasteiger charge is 2.18. The molecule has 1 nitrogen and oxygen atoms in total. The molecule has 0 heterocycles. The lowest BCUT2D eigenvalue weighted by Gasteiger charge is -2.28. The van der Waals surface area contributed by atoms with Crippen molar-refractivity contribution in [2.24, 2.45) is 0 Å². The first kappa shape index (κ1) is 16.9. The molecule has 0 saturated heterocycles. The van der Waals surface area contributed by atoms with Crippen molar-refractivity contribution in [3.05, 3.63) is 121 Å². The van der Waals surface area contributed by atoms with Crippen molar-refractivity contribution in [3.8, 4) is 11.1 Å². The molecule has 0 unspecified atom stereocenters.